The van der Waals surface area contributed by atoms with Gasteiger partial charge < -0.3 is 9.47 Å². The van der Waals surface area contributed by atoms with Crippen molar-refractivity contribution in [2.45, 2.75) is 0 Å². The standard InChI is InChI=1S/C70H48N2/c1-5-19-49(20-6-1)56-38-44-60(50-21-7-2-8-22-50)66(47-56)54-35-41-58(42-36-54)71(57-39-33-53(34-40-57)63-45-37-52-25-13-14-29-62(52)70(63)55-26-11-4-12-27-55)59-43-46-65-64-30-16-18-32-68(64)72(69(65)48-59)67-31-17-15-28-61(67)51-23-9-3-10-24-51/h1-48H. The summed E-state index contributed by atoms with van der Waals surface area (Å²) in [7, 11) is 0. The minimum Gasteiger partial charge on any atom is -0.310 e. The van der Waals surface area contributed by atoms with Crippen LogP contribution in [0.3, 0.4) is 0 Å². The number of nitrogens with zero attached hydrogens (tertiary/aromatic N) is 2. The van der Waals surface area contributed by atoms with Gasteiger partial charge in [-0.1, -0.05) is 237 Å². The van der Waals surface area contributed by atoms with Gasteiger partial charge in [-0.3, -0.25) is 0 Å². The molecule has 0 amide bonds. The van der Waals surface area contributed by atoms with Gasteiger partial charge in [0.15, 0.2) is 0 Å². The average molecular weight is 917 g/mol. The van der Waals surface area contributed by atoms with Crippen LogP contribution in [-0.4, -0.2) is 4.57 Å². The zero-order valence-electron chi connectivity index (χ0n) is 39.6. The van der Waals surface area contributed by atoms with Crippen molar-refractivity contribution in [3.05, 3.63) is 291 Å². The zero-order valence-corrected chi connectivity index (χ0v) is 39.6. The highest BCUT2D eigenvalue weighted by molar-refractivity contribution is 6.11. The van der Waals surface area contributed by atoms with E-state index in [4.69, 9.17) is 0 Å². The molecular weight excluding hydrogens is 869 g/mol. The summed E-state index contributed by atoms with van der Waals surface area (Å²) in [5, 5.41) is 4.90. The van der Waals surface area contributed by atoms with E-state index in [0.29, 0.717) is 0 Å². The van der Waals surface area contributed by atoms with Gasteiger partial charge >= 0.3 is 0 Å². The van der Waals surface area contributed by atoms with Crippen molar-refractivity contribution in [1.82, 2.24) is 4.57 Å². The summed E-state index contributed by atoms with van der Waals surface area (Å²) >= 11 is 0. The van der Waals surface area contributed by atoms with Crippen molar-refractivity contribution < 1.29 is 0 Å². The Balaban J connectivity index is 0.990. The zero-order chi connectivity index (χ0) is 47.8. The molecule has 0 aliphatic rings. The molecule has 0 saturated carbocycles. The number of fused-ring (bicyclic) bond motifs is 4. The third kappa shape index (κ3) is 7.73. The summed E-state index contributed by atoms with van der Waals surface area (Å²) in [5.74, 6) is 0. The van der Waals surface area contributed by atoms with Crippen LogP contribution in [0.1, 0.15) is 0 Å². The van der Waals surface area contributed by atoms with Crippen LogP contribution in [0.5, 0.6) is 0 Å². The van der Waals surface area contributed by atoms with E-state index in [2.05, 4.69) is 301 Å². The van der Waals surface area contributed by atoms with Crippen molar-refractivity contribution in [1.29, 1.82) is 0 Å². The van der Waals surface area contributed by atoms with Crippen molar-refractivity contribution >= 4 is 49.6 Å². The molecule has 0 N–H and O–H groups in total. The molecule has 13 aromatic rings. The summed E-state index contributed by atoms with van der Waals surface area (Å²) in [6.45, 7) is 0. The minimum absolute atomic E-state index is 1.06. The fourth-order valence-corrected chi connectivity index (χ4v) is 10.8. The number of hydrogen-bond acceptors (Lipinski definition) is 1. The van der Waals surface area contributed by atoms with Crippen LogP contribution in [0.2, 0.25) is 0 Å². The van der Waals surface area contributed by atoms with Gasteiger partial charge in [0.25, 0.3) is 0 Å². The Bertz CT molecular complexity index is 4050. The fraction of sp³-hybridized carbons (Fsp3) is 0. The van der Waals surface area contributed by atoms with E-state index >= 15 is 0 Å². The van der Waals surface area contributed by atoms with Crippen LogP contribution < -0.4 is 4.90 Å². The van der Waals surface area contributed by atoms with E-state index in [9.17, 15) is 0 Å². The van der Waals surface area contributed by atoms with Gasteiger partial charge in [-0.2, -0.15) is 0 Å². The van der Waals surface area contributed by atoms with Crippen LogP contribution in [0.15, 0.2) is 291 Å². The molecule has 1 aromatic heterocycles. The molecule has 13 rings (SSSR count). The molecule has 0 radical (unpaired) electrons. The van der Waals surface area contributed by atoms with E-state index in [1.54, 1.807) is 0 Å². The van der Waals surface area contributed by atoms with E-state index in [-0.39, 0.29) is 0 Å². The van der Waals surface area contributed by atoms with Crippen LogP contribution in [0, 0.1) is 0 Å². The number of anilines is 3. The molecule has 12 aromatic carbocycles. The van der Waals surface area contributed by atoms with Gasteiger partial charge in [-0.05, 0) is 127 Å². The first-order valence-electron chi connectivity index (χ1n) is 24.7. The highest BCUT2D eigenvalue weighted by Gasteiger charge is 2.21. The first-order chi connectivity index (χ1) is 35.7. The third-order valence-corrected chi connectivity index (χ3v) is 14.2. The van der Waals surface area contributed by atoms with Crippen molar-refractivity contribution in [3.63, 3.8) is 0 Å². The number of hydrogen-bond donors (Lipinski definition) is 0. The molecule has 0 atom stereocenters. The molecule has 2 nitrogen and oxygen atoms in total. The number of aromatic nitrogens is 1. The number of para-hydroxylation sites is 2. The summed E-state index contributed by atoms with van der Waals surface area (Å²) < 4.78 is 2.45. The maximum Gasteiger partial charge on any atom is 0.0562 e. The molecular formula is C70H48N2. The first-order valence-corrected chi connectivity index (χ1v) is 24.7. The van der Waals surface area contributed by atoms with Crippen LogP contribution in [0.25, 0.3) is 105 Å². The molecule has 0 spiro atoms. The predicted octanol–water partition coefficient (Wildman–Crippen LogP) is 19.4. The molecule has 2 heteroatoms. The van der Waals surface area contributed by atoms with Crippen molar-refractivity contribution in [2.24, 2.45) is 0 Å². The van der Waals surface area contributed by atoms with E-state index < -0.39 is 0 Å². The molecule has 0 saturated heterocycles. The third-order valence-electron chi connectivity index (χ3n) is 14.2. The Kier molecular flexibility index (Phi) is 10.9. The Labute approximate surface area is 420 Å². The fourth-order valence-electron chi connectivity index (χ4n) is 10.8. The lowest BCUT2D eigenvalue weighted by molar-refractivity contribution is 1.18. The Hall–Kier alpha value is -9.50. The molecule has 0 aliphatic heterocycles. The second kappa shape index (κ2) is 18.4. The van der Waals surface area contributed by atoms with Gasteiger partial charge in [-0.15, -0.1) is 0 Å². The van der Waals surface area contributed by atoms with Crippen LogP contribution in [-0.2, 0) is 0 Å². The lowest BCUT2D eigenvalue weighted by Gasteiger charge is -2.27. The van der Waals surface area contributed by atoms with Gasteiger partial charge in [0.1, 0.15) is 0 Å². The van der Waals surface area contributed by atoms with Gasteiger partial charge in [0.05, 0.1) is 16.7 Å². The van der Waals surface area contributed by atoms with Crippen LogP contribution >= 0.6 is 0 Å². The summed E-state index contributed by atoms with van der Waals surface area (Å²) in [5.41, 5.74) is 21.0. The molecule has 0 aliphatic carbocycles. The van der Waals surface area contributed by atoms with Gasteiger partial charge in [-0.25, -0.2) is 0 Å². The predicted molar refractivity (Wildman–Crippen MR) is 306 cm³/mol. The maximum absolute atomic E-state index is 2.45. The SMILES string of the molecule is c1ccc(-c2ccc(-c3ccccc3)c(-c3ccc(N(c4ccc(-c5ccc6ccccc6c5-c5ccccc5)cc4)c4ccc5c6ccccc6n(-c6ccccc6-c6ccccc6)c5c4)cc3)c2)cc1. The van der Waals surface area contributed by atoms with Crippen molar-refractivity contribution in [2.75, 3.05) is 4.90 Å². The molecule has 0 bridgehead atoms. The Morgan fingerprint density at radius 2 is 0.708 bits per heavy atom. The second-order valence-electron chi connectivity index (χ2n) is 18.4. The van der Waals surface area contributed by atoms with Crippen LogP contribution in [0.4, 0.5) is 17.1 Å². The minimum atomic E-state index is 1.06. The highest BCUT2D eigenvalue weighted by Crippen LogP contribution is 2.44. The number of rotatable bonds is 10. The molecule has 72 heavy (non-hydrogen) atoms. The van der Waals surface area contributed by atoms with E-state index in [0.717, 1.165) is 33.8 Å². The topological polar surface area (TPSA) is 8.17 Å². The summed E-state index contributed by atoms with van der Waals surface area (Å²) in [6, 6.07) is 106. The van der Waals surface area contributed by atoms with Crippen molar-refractivity contribution in [3.8, 4) is 72.4 Å². The van der Waals surface area contributed by atoms with E-state index in [1.165, 1.54) is 88.3 Å². The Morgan fingerprint density at radius 1 is 0.236 bits per heavy atom. The lowest BCUT2D eigenvalue weighted by Crippen LogP contribution is -2.10. The normalized spacial score (nSPS) is 11.3. The first kappa shape index (κ1) is 42.6. The second-order valence-corrected chi connectivity index (χ2v) is 18.4. The quantitative estimate of drug-likeness (QED) is 0.133. The largest absolute Gasteiger partial charge is 0.310 e. The molecule has 0 fully saturated rings. The Morgan fingerprint density at radius 3 is 1.39 bits per heavy atom. The smallest absolute Gasteiger partial charge is 0.0562 e. The molecule has 0 unspecified atom stereocenters. The van der Waals surface area contributed by atoms with Gasteiger partial charge in [0, 0.05) is 33.4 Å². The average Bonchev–Trinajstić information content (AvgIpc) is 3.79. The molecule has 338 valence electrons. The summed E-state index contributed by atoms with van der Waals surface area (Å²) in [4.78, 5) is 2.41. The van der Waals surface area contributed by atoms with E-state index in [1.807, 2.05) is 0 Å². The number of benzene rings is 12. The molecule has 1 heterocycles. The highest BCUT2D eigenvalue weighted by atomic mass is 15.1. The summed E-state index contributed by atoms with van der Waals surface area (Å²) in [6.07, 6.45) is 0. The monoisotopic (exact) mass is 916 g/mol. The maximum atomic E-state index is 2.45. The lowest BCUT2D eigenvalue weighted by atomic mass is 9.89. The van der Waals surface area contributed by atoms with Gasteiger partial charge in [0.2, 0.25) is 0 Å².